The van der Waals surface area contributed by atoms with E-state index in [0.29, 0.717) is 29.5 Å². The highest BCUT2D eigenvalue weighted by molar-refractivity contribution is 7.16. The van der Waals surface area contributed by atoms with Crippen molar-refractivity contribution in [3.63, 3.8) is 0 Å². The fourth-order valence-corrected chi connectivity index (χ4v) is 4.33. The van der Waals surface area contributed by atoms with Gasteiger partial charge in [0, 0.05) is 17.8 Å². The average Bonchev–Trinajstić information content (AvgIpc) is 3.07. The van der Waals surface area contributed by atoms with E-state index in [1.807, 2.05) is 18.7 Å². The molecule has 0 radical (unpaired) electrons. The molecule has 0 unspecified atom stereocenters. The van der Waals surface area contributed by atoms with Crippen LogP contribution < -0.4 is 5.32 Å². The van der Waals surface area contributed by atoms with Gasteiger partial charge in [0.05, 0.1) is 30.1 Å². The van der Waals surface area contributed by atoms with E-state index in [-0.39, 0.29) is 5.91 Å². The van der Waals surface area contributed by atoms with E-state index in [1.54, 1.807) is 0 Å². The van der Waals surface area contributed by atoms with Crippen LogP contribution in [0.15, 0.2) is 0 Å². The Morgan fingerprint density at radius 2 is 2.04 bits per heavy atom. The minimum absolute atomic E-state index is 0.00891. The number of carbonyl (C=O) groups excluding carboxylic acids is 2. The number of nitrogens with zero attached hydrogens (tertiary/aromatic N) is 3. The number of nitrogens with one attached hydrogen (secondary N) is 1. The van der Waals surface area contributed by atoms with Crippen molar-refractivity contribution in [3.05, 3.63) is 26.1 Å². The molecule has 122 valence electrons. The molecule has 0 fully saturated rings. The van der Waals surface area contributed by atoms with Crippen LogP contribution in [-0.4, -0.2) is 40.5 Å². The molecule has 9 heteroatoms. The lowest BCUT2D eigenvalue weighted by Gasteiger charge is -2.25. The Morgan fingerprint density at radius 3 is 2.70 bits per heavy atom. The first-order chi connectivity index (χ1) is 11.0. The van der Waals surface area contributed by atoms with Gasteiger partial charge in [-0.05, 0) is 13.8 Å². The van der Waals surface area contributed by atoms with E-state index >= 15 is 0 Å². The molecule has 0 atom stereocenters. The number of rotatable bonds is 2. The third kappa shape index (κ3) is 3.20. The summed E-state index contributed by atoms with van der Waals surface area (Å²) in [5.41, 5.74) is 1.71. The van der Waals surface area contributed by atoms with Gasteiger partial charge in [-0.25, -0.2) is 14.8 Å². The molecule has 7 nitrogen and oxygen atoms in total. The molecule has 0 spiro atoms. The lowest BCUT2D eigenvalue weighted by atomic mass is 10.1. The first kappa shape index (κ1) is 15.9. The summed E-state index contributed by atoms with van der Waals surface area (Å²) in [7, 11) is 1.31. The Balaban J connectivity index is 1.76. The zero-order valence-electron chi connectivity index (χ0n) is 13.0. The maximum Gasteiger partial charge on any atom is 0.413 e. The monoisotopic (exact) mass is 352 g/mol. The Kier molecular flexibility index (Phi) is 4.31. The standard InChI is InChI=1S/C14H16N4O3S2/c1-7-11(22-8(2)15-7)12(19)18-5-4-9-10(6-18)23-13(16-9)17-14(20)21-3/h4-6H2,1-3H3,(H,16,17,20). The number of thiazole rings is 2. The predicted molar refractivity (Wildman–Crippen MR) is 88.2 cm³/mol. The summed E-state index contributed by atoms with van der Waals surface area (Å²) in [5, 5.41) is 3.97. The summed E-state index contributed by atoms with van der Waals surface area (Å²) in [6.45, 7) is 4.88. The molecule has 0 saturated heterocycles. The Bertz CT molecular complexity index is 768. The molecule has 2 aromatic heterocycles. The number of anilines is 1. The number of methoxy groups -OCH3 is 1. The molecule has 3 rings (SSSR count). The summed E-state index contributed by atoms with van der Waals surface area (Å²) in [6.07, 6.45) is 0.136. The fraction of sp³-hybridized carbons (Fsp3) is 0.429. The van der Waals surface area contributed by atoms with E-state index in [4.69, 9.17) is 0 Å². The van der Waals surface area contributed by atoms with Gasteiger partial charge in [0.25, 0.3) is 5.91 Å². The van der Waals surface area contributed by atoms with Crippen LogP contribution in [0.25, 0.3) is 0 Å². The molecule has 0 aromatic carbocycles. The van der Waals surface area contributed by atoms with Gasteiger partial charge in [-0.15, -0.1) is 11.3 Å². The van der Waals surface area contributed by atoms with E-state index in [1.165, 1.54) is 29.8 Å². The van der Waals surface area contributed by atoms with Gasteiger partial charge < -0.3 is 9.64 Å². The van der Waals surface area contributed by atoms with Crippen molar-refractivity contribution in [2.75, 3.05) is 19.0 Å². The lowest BCUT2D eigenvalue weighted by Crippen LogP contribution is -2.35. The minimum atomic E-state index is -0.542. The quantitative estimate of drug-likeness (QED) is 0.898. The summed E-state index contributed by atoms with van der Waals surface area (Å²) in [4.78, 5) is 36.1. The third-order valence-corrected chi connectivity index (χ3v) is 5.57. The second kappa shape index (κ2) is 6.25. The molecular weight excluding hydrogens is 336 g/mol. The van der Waals surface area contributed by atoms with Gasteiger partial charge in [-0.2, -0.15) is 0 Å². The van der Waals surface area contributed by atoms with Crippen LogP contribution in [0.2, 0.25) is 0 Å². The van der Waals surface area contributed by atoms with E-state index in [0.717, 1.165) is 21.3 Å². The number of hydrogen-bond acceptors (Lipinski definition) is 7. The van der Waals surface area contributed by atoms with Gasteiger partial charge in [0.1, 0.15) is 4.88 Å². The number of amides is 2. The van der Waals surface area contributed by atoms with Crippen molar-refractivity contribution < 1.29 is 14.3 Å². The summed E-state index contributed by atoms with van der Waals surface area (Å²) in [6, 6.07) is 0. The van der Waals surface area contributed by atoms with Crippen LogP contribution in [0, 0.1) is 13.8 Å². The van der Waals surface area contributed by atoms with Crippen molar-refractivity contribution in [1.82, 2.24) is 14.9 Å². The van der Waals surface area contributed by atoms with Gasteiger partial charge in [-0.3, -0.25) is 10.1 Å². The predicted octanol–water partition coefficient (Wildman–Crippen LogP) is 2.59. The van der Waals surface area contributed by atoms with Crippen molar-refractivity contribution in [3.8, 4) is 0 Å². The van der Waals surface area contributed by atoms with Crippen LogP contribution in [0.4, 0.5) is 9.93 Å². The summed E-state index contributed by atoms with van der Waals surface area (Å²) in [5.74, 6) is 0.00891. The zero-order chi connectivity index (χ0) is 16.6. The maximum atomic E-state index is 12.7. The summed E-state index contributed by atoms with van der Waals surface area (Å²) >= 11 is 2.80. The highest BCUT2D eigenvalue weighted by Crippen LogP contribution is 2.30. The molecule has 0 saturated carbocycles. The molecule has 1 N–H and O–H groups in total. The van der Waals surface area contributed by atoms with Crippen LogP contribution >= 0.6 is 22.7 Å². The number of aryl methyl sites for hydroxylation is 2. The van der Waals surface area contributed by atoms with Crippen LogP contribution in [0.1, 0.15) is 30.9 Å². The van der Waals surface area contributed by atoms with Crippen LogP contribution in [0.3, 0.4) is 0 Å². The number of carbonyl (C=O) groups is 2. The van der Waals surface area contributed by atoms with Crippen LogP contribution in [0.5, 0.6) is 0 Å². The number of ether oxygens (including phenoxy) is 1. The van der Waals surface area contributed by atoms with Crippen molar-refractivity contribution >= 4 is 39.8 Å². The van der Waals surface area contributed by atoms with Crippen molar-refractivity contribution in [2.24, 2.45) is 0 Å². The molecule has 1 aliphatic rings. The second-order valence-electron chi connectivity index (χ2n) is 5.13. The number of aromatic nitrogens is 2. The smallest absolute Gasteiger partial charge is 0.413 e. The molecule has 0 aliphatic carbocycles. The third-order valence-electron chi connectivity index (χ3n) is 3.51. The molecule has 1 aliphatic heterocycles. The molecular formula is C14H16N4O3S2. The SMILES string of the molecule is COC(=O)Nc1nc2c(s1)CN(C(=O)c1sc(C)nc1C)CC2. The Morgan fingerprint density at radius 1 is 1.26 bits per heavy atom. The number of fused-ring (bicyclic) bond motifs is 1. The average molecular weight is 352 g/mol. The topological polar surface area (TPSA) is 84.4 Å². The van der Waals surface area contributed by atoms with Crippen molar-refractivity contribution in [2.45, 2.75) is 26.8 Å². The van der Waals surface area contributed by atoms with Gasteiger partial charge >= 0.3 is 6.09 Å². The minimum Gasteiger partial charge on any atom is -0.453 e. The van der Waals surface area contributed by atoms with E-state index in [9.17, 15) is 9.59 Å². The van der Waals surface area contributed by atoms with E-state index in [2.05, 4.69) is 20.0 Å². The van der Waals surface area contributed by atoms with Crippen molar-refractivity contribution in [1.29, 1.82) is 0 Å². The molecule has 2 aromatic rings. The largest absolute Gasteiger partial charge is 0.453 e. The van der Waals surface area contributed by atoms with Gasteiger partial charge in [0.2, 0.25) is 0 Å². The van der Waals surface area contributed by atoms with Gasteiger partial charge in [-0.1, -0.05) is 11.3 Å². The van der Waals surface area contributed by atoms with Crippen LogP contribution in [-0.2, 0) is 17.7 Å². The highest BCUT2D eigenvalue weighted by atomic mass is 32.1. The molecule has 3 heterocycles. The Hall–Kier alpha value is -2.00. The molecule has 23 heavy (non-hydrogen) atoms. The maximum absolute atomic E-state index is 12.7. The Labute approximate surface area is 141 Å². The zero-order valence-corrected chi connectivity index (χ0v) is 14.6. The highest BCUT2D eigenvalue weighted by Gasteiger charge is 2.27. The second-order valence-corrected chi connectivity index (χ2v) is 7.42. The number of hydrogen-bond donors (Lipinski definition) is 1. The van der Waals surface area contributed by atoms with E-state index < -0.39 is 6.09 Å². The normalized spacial score (nSPS) is 13.6. The van der Waals surface area contributed by atoms with Gasteiger partial charge in [0.15, 0.2) is 5.13 Å². The first-order valence-corrected chi connectivity index (χ1v) is 8.68. The summed E-state index contributed by atoms with van der Waals surface area (Å²) < 4.78 is 4.57. The fourth-order valence-electron chi connectivity index (χ4n) is 2.43. The first-order valence-electron chi connectivity index (χ1n) is 7.04. The molecule has 0 bridgehead atoms. The molecule has 2 amide bonds. The lowest BCUT2D eigenvalue weighted by molar-refractivity contribution is 0.0740.